The first-order valence-electron chi connectivity index (χ1n) is 4.97. The number of hydrogen-bond acceptors (Lipinski definition) is 2. The molecule has 0 aliphatic heterocycles. The highest BCUT2D eigenvalue weighted by molar-refractivity contribution is 5.93. The van der Waals surface area contributed by atoms with Crippen LogP contribution in [-0.4, -0.2) is 10.9 Å². The maximum absolute atomic E-state index is 11.2. The number of aromatic nitrogens is 1. The van der Waals surface area contributed by atoms with Crippen molar-refractivity contribution in [2.45, 2.75) is 13.8 Å². The Morgan fingerprint density at radius 3 is 2.75 bits per heavy atom. The van der Waals surface area contributed by atoms with Gasteiger partial charge in [0, 0.05) is 29.6 Å². The standard InChI is InChI=1S/C12H12N2O2/c1-7-5-12(16)14-11-4-3-9(6-10(7)11)13-8(2)15/h3-6H,1-2H3,(H,13,15)(H,14,16). The summed E-state index contributed by atoms with van der Waals surface area (Å²) >= 11 is 0. The van der Waals surface area contributed by atoms with Crippen LogP contribution in [0.3, 0.4) is 0 Å². The molecule has 0 bridgehead atoms. The zero-order valence-corrected chi connectivity index (χ0v) is 9.13. The van der Waals surface area contributed by atoms with E-state index in [1.54, 1.807) is 18.2 Å². The first-order valence-corrected chi connectivity index (χ1v) is 4.97. The summed E-state index contributed by atoms with van der Waals surface area (Å²) < 4.78 is 0. The highest BCUT2D eigenvalue weighted by Gasteiger charge is 2.02. The molecule has 4 nitrogen and oxygen atoms in total. The van der Waals surface area contributed by atoms with Crippen LogP contribution in [0.2, 0.25) is 0 Å². The molecule has 82 valence electrons. The van der Waals surface area contributed by atoms with Crippen LogP contribution in [0.25, 0.3) is 10.9 Å². The van der Waals surface area contributed by atoms with Gasteiger partial charge in [-0.2, -0.15) is 0 Å². The summed E-state index contributed by atoms with van der Waals surface area (Å²) in [6.45, 7) is 3.33. The number of carbonyl (C=O) groups excluding carboxylic acids is 1. The molecule has 1 amide bonds. The summed E-state index contributed by atoms with van der Waals surface area (Å²) in [5.74, 6) is -0.110. The van der Waals surface area contributed by atoms with Gasteiger partial charge in [-0.3, -0.25) is 9.59 Å². The molecule has 2 N–H and O–H groups in total. The van der Waals surface area contributed by atoms with Crippen LogP contribution in [0, 0.1) is 6.92 Å². The van der Waals surface area contributed by atoms with Gasteiger partial charge in [0.05, 0.1) is 0 Å². The Balaban J connectivity index is 2.61. The molecule has 16 heavy (non-hydrogen) atoms. The fourth-order valence-corrected chi connectivity index (χ4v) is 1.70. The van der Waals surface area contributed by atoms with E-state index < -0.39 is 0 Å². The number of fused-ring (bicyclic) bond motifs is 1. The number of aryl methyl sites for hydroxylation is 1. The van der Waals surface area contributed by atoms with Crippen LogP contribution in [0.5, 0.6) is 0 Å². The molecule has 1 aromatic heterocycles. The van der Waals surface area contributed by atoms with E-state index in [-0.39, 0.29) is 11.5 Å². The molecule has 2 rings (SSSR count). The van der Waals surface area contributed by atoms with Crippen molar-refractivity contribution in [1.82, 2.24) is 4.98 Å². The molecule has 0 radical (unpaired) electrons. The summed E-state index contributed by atoms with van der Waals surface area (Å²) in [5, 5.41) is 3.64. The van der Waals surface area contributed by atoms with Crippen LogP contribution in [0.15, 0.2) is 29.1 Å². The van der Waals surface area contributed by atoms with E-state index in [1.165, 1.54) is 6.92 Å². The minimum atomic E-state index is -0.114. The Hall–Kier alpha value is -2.10. The molecule has 0 unspecified atom stereocenters. The number of hydrogen-bond donors (Lipinski definition) is 2. The molecule has 1 aromatic carbocycles. The van der Waals surface area contributed by atoms with Crippen molar-refractivity contribution in [3.63, 3.8) is 0 Å². The second-order valence-corrected chi connectivity index (χ2v) is 3.76. The van der Waals surface area contributed by atoms with E-state index in [9.17, 15) is 9.59 Å². The van der Waals surface area contributed by atoms with Crippen LogP contribution in [0.4, 0.5) is 5.69 Å². The van der Waals surface area contributed by atoms with Gasteiger partial charge in [-0.15, -0.1) is 0 Å². The van der Waals surface area contributed by atoms with Gasteiger partial charge in [0.15, 0.2) is 0 Å². The lowest BCUT2D eigenvalue weighted by Gasteiger charge is -2.05. The first-order chi connectivity index (χ1) is 7.56. The van der Waals surface area contributed by atoms with Gasteiger partial charge >= 0.3 is 0 Å². The fourth-order valence-electron chi connectivity index (χ4n) is 1.70. The molecular weight excluding hydrogens is 204 g/mol. The van der Waals surface area contributed by atoms with Crippen molar-refractivity contribution in [3.05, 3.63) is 40.2 Å². The lowest BCUT2D eigenvalue weighted by Crippen LogP contribution is -2.07. The number of anilines is 1. The van der Waals surface area contributed by atoms with E-state index in [2.05, 4.69) is 10.3 Å². The van der Waals surface area contributed by atoms with Crippen LogP contribution in [-0.2, 0) is 4.79 Å². The first kappa shape index (κ1) is 10.4. The minimum absolute atomic E-state index is 0.110. The Morgan fingerprint density at radius 2 is 2.06 bits per heavy atom. The monoisotopic (exact) mass is 216 g/mol. The molecule has 0 atom stereocenters. The predicted octanol–water partition coefficient (Wildman–Crippen LogP) is 1.79. The summed E-state index contributed by atoms with van der Waals surface area (Å²) in [7, 11) is 0. The SMILES string of the molecule is CC(=O)Nc1ccc2[nH]c(=O)cc(C)c2c1. The highest BCUT2D eigenvalue weighted by Crippen LogP contribution is 2.19. The Morgan fingerprint density at radius 1 is 1.31 bits per heavy atom. The maximum Gasteiger partial charge on any atom is 0.248 e. The average Bonchev–Trinajstić information content (AvgIpc) is 2.18. The van der Waals surface area contributed by atoms with E-state index in [0.717, 1.165) is 22.2 Å². The van der Waals surface area contributed by atoms with E-state index in [0.29, 0.717) is 0 Å². The molecule has 4 heteroatoms. The van der Waals surface area contributed by atoms with E-state index in [4.69, 9.17) is 0 Å². The summed E-state index contributed by atoms with van der Waals surface area (Å²) in [4.78, 5) is 24.9. The van der Waals surface area contributed by atoms with Crippen LogP contribution >= 0.6 is 0 Å². The number of aromatic amines is 1. The number of H-pyrrole nitrogens is 1. The van der Waals surface area contributed by atoms with Gasteiger partial charge in [-0.1, -0.05) is 0 Å². The van der Waals surface area contributed by atoms with Gasteiger partial charge in [0.25, 0.3) is 0 Å². The Labute approximate surface area is 92.3 Å². The largest absolute Gasteiger partial charge is 0.326 e. The van der Waals surface area contributed by atoms with Crippen molar-refractivity contribution in [3.8, 4) is 0 Å². The topological polar surface area (TPSA) is 62.0 Å². The third kappa shape index (κ3) is 1.95. The molecule has 0 saturated heterocycles. The van der Waals surface area contributed by atoms with Gasteiger partial charge < -0.3 is 10.3 Å². The lowest BCUT2D eigenvalue weighted by atomic mass is 10.1. The average molecular weight is 216 g/mol. The summed E-state index contributed by atoms with van der Waals surface area (Å²) in [6.07, 6.45) is 0. The van der Waals surface area contributed by atoms with E-state index in [1.807, 2.05) is 13.0 Å². The number of amides is 1. The van der Waals surface area contributed by atoms with Gasteiger partial charge in [0.1, 0.15) is 0 Å². The zero-order valence-electron chi connectivity index (χ0n) is 9.13. The molecule has 0 fully saturated rings. The lowest BCUT2D eigenvalue weighted by molar-refractivity contribution is -0.114. The number of nitrogens with one attached hydrogen (secondary N) is 2. The second-order valence-electron chi connectivity index (χ2n) is 3.76. The zero-order chi connectivity index (χ0) is 11.7. The number of carbonyl (C=O) groups is 1. The van der Waals surface area contributed by atoms with Crippen molar-refractivity contribution in [2.75, 3.05) is 5.32 Å². The second kappa shape index (κ2) is 3.81. The van der Waals surface area contributed by atoms with Gasteiger partial charge in [0.2, 0.25) is 11.5 Å². The number of rotatable bonds is 1. The molecule has 1 heterocycles. The van der Waals surface area contributed by atoms with Crippen molar-refractivity contribution < 1.29 is 4.79 Å². The van der Waals surface area contributed by atoms with Crippen molar-refractivity contribution in [1.29, 1.82) is 0 Å². The molecule has 2 aromatic rings. The van der Waals surface area contributed by atoms with Crippen molar-refractivity contribution >= 4 is 22.5 Å². The molecular formula is C12H12N2O2. The smallest absolute Gasteiger partial charge is 0.248 e. The predicted molar refractivity (Wildman–Crippen MR) is 63.6 cm³/mol. The third-order valence-corrected chi connectivity index (χ3v) is 2.37. The number of pyridine rings is 1. The fraction of sp³-hybridized carbons (Fsp3) is 0.167. The molecule has 0 saturated carbocycles. The Bertz CT molecular complexity index is 614. The molecule has 0 aliphatic carbocycles. The number of benzene rings is 1. The normalized spacial score (nSPS) is 10.4. The summed E-state index contributed by atoms with van der Waals surface area (Å²) in [5.41, 5.74) is 2.29. The molecule has 0 aliphatic rings. The van der Waals surface area contributed by atoms with E-state index >= 15 is 0 Å². The van der Waals surface area contributed by atoms with Gasteiger partial charge in [-0.05, 0) is 30.7 Å². The Kier molecular flexibility index (Phi) is 2.48. The third-order valence-electron chi connectivity index (χ3n) is 2.37. The van der Waals surface area contributed by atoms with Crippen molar-refractivity contribution in [2.24, 2.45) is 0 Å². The summed E-state index contributed by atoms with van der Waals surface area (Å²) in [6, 6.07) is 6.94. The maximum atomic E-state index is 11.2. The van der Waals surface area contributed by atoms with Crippen LogP contribution in [0.1, 0.15) is 12.5 Å². The minimum Gasteiger partial charge on any atom is -0.326 e. The quantitative estimate of drug-likeness (QED) is 0.763. The highest BCUT2D eigenvalue weighted by atomic mass is 16.1. The van der Waals surface area contributed by atoms with Gasteiger partial charge in [-0.25, -0.2) is 0 Å². The molecule has 0 spiro atoms. The van der Waals surface area contributed by atoms with Crippen LogP contribution < -0.4 is 10.9 Å².